The Hall–Kier alpha value is -6.12. The van der Waals surface area contributed by atoms with Crippen LogP contribution in [0.4, 0.5) is 0 Å². The zero-order valence-corrected chi connectivity index (χ0v) is 21.1. The highest BCUT2D eigenvalue weighted by molar-refractivity contribution is 5.96. The summed E-state index contributed by atoms with van der Waals surface area (Å²) in [7, 11) is 0. The maximum absolute atomic E-state index is 12.8. The van der Waals surface area contributed by atoms with Crippen molar-refractivity contribution < 1.29 is 34.8 Å². The first-order valence-corrected chi connectivity index (χ1v) is 11.9. The number of aromatic nitrogens is 7. The third-order valence-corrected chi connectivity index (χ3v) is 5.85. The van der Waals surface area contributed by atoms with E-state index in [0.29, 0.717) is 6.54 Å². The van der Waals surface area contributed by atoms with Crippen LogP contribution >= 0.6 is 0 Å². The van der Waals surface area contributed by atoms with Gasteiger partial charge in [0.1, 0.15) is 22.9 Å². The molecular weight excluding hydrogens is 536 g/mol. The third kappa shape index (κ3) is 5.26. The summed E-state index contributed by atoms with van der Waals surface area (Å²) in [6.45, 7) is 2.11. The van der Waals surface area contributed by atoms with E-state index in [1.807, 2.05) is 0 Å². The largest absolute Gasteiger partial charge is 0.508 e. The van der Waals surface area contributed by atoms with Crippen molar-refractivity contribution in [3.8, 4) is 45.6 Å². The van der Waals surface area contributed by atoms with Gasteiger partial charge in [0, 0.05) is 12.1 Å². The van der Waals surface area contributed by atoms with Gasteiger partial charge >= 0.3 is 11.9 Å². The number of phenolic OH excluding ortho intramolecular Hbond substituents is 2. The first kappa shape index (κ1) is 26.5. The number of nitrogens with one attached hydrogen (secondary N) is 1. The van der Waals surface area contributed by atoms with Gasteiger partial charge in [-0.05, 0) is 55.5 Å². The van der Waals surface area contributed by atoms with Gasteiger partial charge < -0.3 is 25.7 Å². The van der Waals surface area contributed by atoms with Crippen LogP contribution in [0.3, 0.4) is 0 Å². The van der Waals surface area contributed by atoms with Crippen LogP contribution in [-0.4, -0.2) is 79.8 Å². The van der Waals surface area contributed by atoms with Gasteiger partial charge in [0.25, 0.3) is 5.91 Å². The van der Waals surface area contributed by atoms with Crippen molar-refractivity contribution >= 4 is 17.8 Å². The van der Waals surface area contributed by atoms with Gasteiger partial charge in [-0.25, -0.2) is 23.9 Å². The summed E-state index contributed by atoms with van der Waals surface area (Å²) in [6, 6.07) is 10.5. The average molecular weight is 556 g/mol. The van der Waals surface area contributed by atoms with E-state index in [9.17, 15) is 34.8 Å². The van der Waals surface area contributed by atoms with Crippen LogP contribution in [0.5, 0.6) is 11.5 Å². The van der Waals surface area contributed by atoms with Gasteiger partial charge in [-0.15, -0.1) is 10.2 Å². The minimum Gasteiger partial charge on any atom is -0.508 e. The molecule has 0 spiro atoms. The quantitative estimate of drug-likeness (QED) is 0.186. The molecule has 5 aromatic rings. The molecule has 41 heavy (non-hydrogen) atoms. The van der Waals surface area contributed by atoms with E-state index < -0.39 is 17.8 Å². The molecule has 1 amide bonds. The molecule has 0 aliphatic rings. The van der Waals surface area contributed by atoms with E-state index in [1.54, 1.807) is 6.92 Å². The maximum Gasteiger partial charge on any atom is 0.338 e. The summed E-state index contributed by atoms with van der Waals surface area (Å²) < 4.78 is 2.40. The van der Waals surface area contributed by atoms with Crippen LogP contribution in [0.15, 0.2) is 60.9 Å². The Morgan fingerprint density at radius 1 is 0.732 bits per heavy atom. The molecule has 0 atom stereocenters. The van der Waals surface area contributed by atoms with Gasteiger partial charge in [-0.1, -0.05) is 10.4 Å². The summed E-state index contributed by atoms with van der Waals surface area (Å²) in [5, 5.41) is 57.4. The molecule has 5 N–H and O–H groups in total. The van der Waals surface area contributed by atoms with Crippen molar-refractivity contribution in [2.45, 2.75) is 6.92 Å². The number of rotatable bonds is 8. The smallest absolute Gasteiger partial charge is 0.338 e. The van der Waals surface area contributed by atoms with E-state index in [1.165, 1.54) is 58.2 Å². The van der Waals surface area contributed by atoms with Crippen LogP contribution in [-0.2, 0) is 0 Å². The minimum absolute atomic E-state index is 0.139. The number of pyridine rings is 1. The van der Waals surface area contributed by atoms with E-state index in [2.05, 4.69) is 30.9 Å². The molecule has 3 aromatic heterocycles. The summed E-state index contributed by atoms with van der Waals surface area (Å²) in [5.74, 6) is -3.44. The Bertz CT molecular complexity index is 1710. The standard InChI is InChI=1S/C26H20N8O7/c1-2-27-24(37)13-7-18(20-11-33(31-29-20)22-5-3-14(35)9-16(22)25(38)39)28-19(8-13)21-12-34(32-30-21)23-6-4-15(36)10-17(23)26(40)41/h3-12,35-36H,2H2,1H3,(H,27,37)(H,38,39)(H,40,41). The molecule has 0 bridgehead atoms. The van der Waals surface area contributed by atoms with E-state index in [-0.39, 0.29) is 62.3 Å². The van der Waals surface area contributed by atoms with E-state index >= 15 is 0 Å². The number of phenols is 2. The third-order valence-electron chi connectivity index (χ3n) is 5.85. The number of carboxylic acids is 2. The van der Waals surface area contributed by atoms with Crippen LogP contribution in [0.2, 0.25) is 0 Å². The lowest BCUT2D eigenvalue weighted by Crippen LogP contribution is -2.22. The van der Waals surface area contributed by atoms with Crippen molar-refractivity contribution in [1.29, 1.82) is 0 Å². The molecule has 206 valence electrons. The summed E-state index contributed by atoms with van der Waals surface area (Å²) in [5.41, 5.74) is 0.868. The summed E-state index contributed by atoms with van der Waals surface area (Å²) in [6.07, 6.45) is 2.83. The highest BCUT2D eigenvalue weighted by Crippen LogP contribution is 2.26. The number of amides is 1. The number of hydrogen-bond donors (Lipinski definition) is 5. The SMILES string of the molecule is CCNC(=O)c1cc(-c2cn(-c3ccc(O)cc3C(=O)O)nn2)nc(-c2cn(-c3ccc(O)cc3C(=O)O)nn2)c1. The zero-order chi connectivity index (χ0) is 29.3. The number of aromatic carboxylic acids is 2. The second-order valence-electron chi connectivity index (χ2n) is 8.60. The molecule has 15 heteroatoms. The molecule has 15 nitrogen and oxygen atoms in total. The topological polar surface area (TPSA) is 218 Å². The first-order valence-electron chi connectivity index (χ1n) is 11.9. The molecule has 0 aliphatic carbocycles. The van der Waals surface area contributed by atoms with Crippen molar-refractivity contribution in [1.82, 2.24) is 40.3 Å². The monoisotopic (exact) mass is 556 g/mol. The highest BCUT2D eigenvalue weighted by Gasteiger charge is 2.20. The Morgan fingerprint density at radius 2 is 1.20 bits per heavy atom. The van der Waals surface area contributed by atoms with Gasteiger partial charge in [-0.3, -0.25) is 4.79 Å². The van der Waals surface area contributed by atoms with Crippen molar-refractivity contribution in [2.75, 3.05) is 6.54 Å². The molecule has 0 aliphatic heterocycles. The van der Waals surface area contributed by atoms with Crippen molar-refractivity contribution in [2.24, 2.45) is 0 Å². The van der Waals surface area contributed by atoms with Crippen LogP contribution in [0.25, 0.3) is 34.2 Å². The lowest BCUT2D eigenvalue weighted by atomic mass is 10.1. The minimum atomic E-state index is -1.28. The van der Waals surface area contributed by atoms with Crippen LogP contribution in [0.1, 0.15) is 38.0 Å². The predicted octanol–water partition coefficient (Wildman–Crippen LogP) is 2.13. The molecular formula is C26H20N8O7. The fourth-order valence-corrected chi connectivity index (χ4v) is 3.97. The number of carbonyl (C=O) groups excluding carboxylic acids is 1. The number of aromatic hydroxyl groups is 2. The van der Waals surface area contributed by atoms with Crippen molar-refractivity contribution in [3.05, 3.63) is 77.6 Å². The first-order chi connectivity index (χ1) is 19.6. The molecule has 3 heterocycles. The molecule has 5 rings (SSSR count). The van der Waals surface area contributed by atoms with E-state index in [0.717, 1.165) is 12.1 Å². The lowest BCUT2D eigenvalue weighted by molar-refractivity contribution is 0.0685. The molecule has 0 radical (unpaired) electrons. The molecule has 0 saturated heterocycles. The Morgan fingerprint density at radius 3 is 1.61 bits per heavy atom. The second-order valence-corrected chi connectivity index (χ2v) is 8.60. The summed E-state index contributed by atoms with van der Waals surface area (Å²) >= 11 is 0. The van der Waals surface area contributed by atoms with Crippen LogP contribution in [0, 0.1) is 0 Å². The number of nitrogens with zero attached hydrogens (tertiary/aromatic N) is 7. The van der Waals surface area contributed by atoms with Gasteiger partial charge in [0.05, 0.1) is 46.3 Å². The fraction of sp³-hybridized carbons (Fsp3) is 0.0769. The van der Waals surface area contributed by atoms with Crippen LogP contribution < -0.4 is 5.32 Å². The Kier molecular flexibility index (Phi) is 6.82. The normalized spacial score (nSPS) is 10.9. The number of carboxylic acid groups (broad SMARTS) is 2. The van der Waals surface area contributed by atoms with Crippen molar-refractivity contribution in [3.63, 3.8) is 0 Å². The van der Waals surface area contributed by atoms with Gasteiger partial charge in [0.15, 0.2) is 0 Å². The number of hydrogen-bond acceptors (Lipinski definition) is 10. The highest BCUT2D eigenvalue weighted by atomic mass is 16.4. The fourth-order valence-electron chi connectivity index (χ4n) is 3.97. The Balaban J connectivity index is 1.59. The number of benzene rings is 2. The zero-order valence-electron chi connectivity index (χ0n) is 21.1. The summed E-state index contributed by atoms with van der Waals surface area (Å²) in [4.78, 5) is 40.7. The number of carbonyl (C=O) groups is 3. The average Bonchev–Trinajstić information content (AvgIpc) is 3.64. The maximum atomic E-state index is 12.8. The van der Waals surface area contributed by atoms with Gasteiger partial charge in [0.2, 0.25) is 0 Å². The molecule has 0 saturated carbocycles. The molecule has 2 aromatic carbocycles. The Labute approximate surface area is 230 Å². The predicted molar refractivity (Wildman–Crippen MR) is 140 cm³/mol. The second kappa shape index (κ2) is 10.6. The molecule has 0 unspecified atom stereocenters. The molecule has 0 fully saturated rings. The van der Waals surface area contributed by atoms with E-state index in [4.69, 9.17) is 0 Å². The lowest BCUT2D eigenvalue weighted by Gasteiger charge is -2.07. The van der Waals surface area contributed by atoms with Gasteiger partial charge in [-0.2, -0.15) is 0 Å².